The predicted molar refractivity (Wildman–Crippen MR) is 54.4 cm³/mol. The van der Waals surface area contributed by atoms with Gasteiger partial charge in [0.15, 0.2) is 0 Å². The number of aromatic nitrogens is 2. The fourth-order valence-electron chi connectivity index (χ4n) is 1.38. The Morgan fingerprint density at radius 1 is 1.71 bits per heavy atom. The number of rotatable bonds is 4. The summed E-state index contributed by atoms with van der Waals surface area (Å²) in [5, 5.41) is 8.88. The summed E-state index contributed by atoms with van der Waals surface area (Å²) in [7, 11) is 3.91. The molecule has 14 heavy (non-hydrogen) atoms. The highest BCUT2D eigenvalue weighted by molar-refractivity contribution is 4.95. The minimum absolute atomic E-state index is 0.0216. The maximum atomic E-state index is 8.88. The van der Waals surface area contributed by atoms with Crippen LogP contribution < -0.4 is 0 Å². The molecule has 4 heteroatoms. The number of aryl methyl sites for hydroxylation is 1. The summed E-state index contributed by atoms with van der Waals surface area (Å²) in [4.78, 5) is 6.23. The van der Waals surface area contributed by atoms with Gasteiger partial charge in [-0.25, -0.2) is 4.98 Å². The summed E-state index contributed by atoms with van der Waals surface area (Å²) < 4.78 is 1.97. The topological polar surface area (TPSA) is 44.9 Å². The molecule has 1 aromatic rings. The molecule has 1 heterocycles. The van der Waals surface area contributed by atoms with E-state index in [1.54, 1.807) is 6.20 Å². The highest BCUT2D eigenvalue weighted by Gasteiger charge is 2.13. The van der Waals surface area contributed by atoms with Crippen LogP contribution in [0.25, 0.3) is 0 Å². The van der Waals surface area contributed by atoms with Crippen LogP contribution >= 0.6 is 0 Å². The molecule has 0 aromatic carbocycles. The van der Waals surface area contributed by atoms with Gasteiger partial charge in [-0.15, -0.1) is 0 Å². The van der Waals surface area contributed by atoms with Gasteiger partial charge < -0.3 is 4.57 Å². The standard InChI is InChI=1S/C10H16N4/c1-4-9(7-11)14(3)8-10-12-5-6-13(10)2/h5-6,9H,4,8H2,1-3H3. The monoisotopic (exact) mass is 192 g/mol. The van der Waals surface area contributed by atoms with E-state index in [4.69, 9.17) is 5.26 Å². The molecule has 0 aliphatic rings. The third-order valence-electron chi connectivity index (χ3n) is 2.38. The molecule has 0 aliphatic carbocycles. The molecule has 0 aliphatic heterocycles. The van der Waals surface area contributed by atoms with Crippen molar-refractivity contribution in [2.45, 2.75) is 25.9 Å². The van der Waals surface area contributed by atoms with E-state index >= 15 is 0 Å². The summed E-state index contributed by atoms with van der Waals surface area (Å²) in [6, 6.07) is 2.25. The molecular weight excluding hydrogens is 176 g/mol. The van der Waals surface area contributed by atoms with Crippen molar-refractivity contribution < 1.29 is 0 Å². The minimum Gasteiger partial charge on any atom is -0.337 e. The maximum Gasteiger partial charge on any atom is 0.122 e. The van der Waals surface area contributed by atoms with Crippen molar-refractivity contribution in [3.8, 4) is 6.07 Å². The van der Waals surface area contributed by atoms with Gasteiger partial charge in [0.1, 0.15) is 5.82 Å². The Morgan fingerprint density at radius 2 is 2.43 bits per heavy atom. The molecule has 0 amide bonds. The number of hydrogen-bond acceptors (Lipinski definition) is 3. The van der Waals surface area contributed by atoms with Crippen molar-refractivity contribution in [2.75, 3.05) is 7.05 Å². The van der Waals surface area contributed by atoms with E-state index in [2.05, 4.69) is 11.1 Å². The Bertz CT molecular complexity index is 323. The van der Waals surface area contributed by atoms with Gasteiger partial charge in [0.25, 0.3) is 0 Å². The largest absolute Gasteiger partial charge is 0.337 e. The van der Waals surface area contributed by atoms with Gasteiger partial charge in [-0.3, -0.25) is 4.90 Å². The lowest BCUT2D eigenvalue weighted by atomic mass is 10.2. The smallest absolute Gasteiger partial charge is 0.122 e. The molecule has 0 N–H and O–H groups in total. The lowest BCUT2D eigenvalue weighted by Gasteiger charge is -2.20. The second kappa shape index (κ2) is 4.77. The predicted octanol–water partition coefficient (Wildman–Crippen LogP) is 1.15. The summed E-state index contributed by atoms with van der Waals surface area (Å²) in [5.41, 5.74) is 0. The van der Waals surface area contributed by atoms with Crippen LogP contribution in [0, 0.1) is 11.3 Å². The van der Waals surface area contributed by atoms with Gasteiger partial charge in [0.05, 0.1) is 18.7 Å². The number of hydrogen-bond donors (Lipinski definition) is 0. The van der Waals surface area contributed by atoms with Crippen LogP contribution in [0.15, 0.2) is 12.4 Å². The van der Waals surface area contributed by atoms with Crippen molar-refractivity contribution in [3.05, 3.63) is 18.2 Å². The normalized spacial score (nSPS) is 12.8. The van der Waals surface area contributed by atoms with Gasteiger partial charge in [0.2, 0.25) is 0 Å². The van der Waals surface area contributed by atoms with Gasteiger partial charge in [-0.05, 0) is 13.5 Å². The fourth-order valence-corrected chi connectivity index (χ4v) is 1.38. The molecule has 4 nitrogen and oxygen atoms in total. The molecule has 1 rings (SSSR count). The van der Waals surface area contributed by atoms with E-state index in [9.17, 15) is 0 Å². The van der Waals surface area contributed by atoms with Crippen LogP contribution in [0.5, 0.6) is 0 Å². The van der Waals surface area contributed by atoms with Crippen LogP contribution in [-0.2, 0) is 13.6 Å². The zero-order chi connectivity index (χ0) is 10.6. The molecule has 1 unspecified atom stereocenters. The maximum absolute atomic E-state index is 8.88. The van der Waals surface area contributed by atoms with Crippen molar-refractivity contribution in [2.24, 2.45) is 7.05 Å². The van der Waals surface area contributed by atoms with Crippen molar-refractivity contribution in [1.29, 1.82) is 5.26 Å². The van der Waals surface area contributed by atoms with Gasteiger partial charge >= 0.3 is 0 Å². The molecule has 0 radical (unpaired) electrons. The van der Waals surface area contributed by atoms with Crippen LogP contribution in [0.3, 0.4) is 0 Å². The Morgan fingerprint density at radius 3 is 2.86 bits per heavy atom. The zero-order valence-electron chi connectivity index (χ0n) is 8.94. The molecule has 0 spiro atoms. The molecule has 1 atom stereocenters. The van der Waals surface area contributed by atoms with Gasteiger partial charge in [-0.1, -0.05) is 6.92 Å². The van der Waals surface area contributed by atoms with E-state index in [-0.39, 0.29) is 6.04 Å². The number of imidazole rings is 1. The lowest BCUT2D eigenvalue weighted by Crippen LogP contribution is -2.30. The summed E-state index contributed by atoms with van der Waals surface area (Å²) in [6.45, 7) is 2.73. The Kier molecular flexibility index (Phi) is 3.66. The van der Waals surface area contributed by atoms with Gasteiger partial charge in [-0.2, -0.15) is 5.26 Å². The van der Waals surface area contributed by atoms with E-state index in [1.165, 1.54) is 0 Å². The molecule has 76 valence electrons. The molecule has 0 bridgehead atoms. The fraction of sp³-hybridized carbons (Fsp3) is 0.600. The van der Waals surface area contributed by atoms with Crippen molar-refractivity contribution in [1.82, 2.24) is 14.5 Å². The average molecular weight is 192 g/mol. The molecule has 1 aromatic heterocycles. The zero-order valence-corrected chi connectivity index (χ0v) is 8.94. The highest BCUT2D eigenvalue weighted by Crippen LogP contribution is 2.05. The van der Waals surface area contributed by atoms with E-state index in [0.29, 0.717) is 0 Å². The molecule has 0 saturated carbocycles. The molecule has 0 fully saturated rings. The average Bonchev–Trinajstić information content (AvgIpc) is 2.54. The minimum atomic E-state index is -0.0216. The number of nitrogens with zero attached hydrogens (tertiary/aromatic N) is 4. The van der Waals surface area contributed by atoms with Crippen LogP contribution in [0.2, 0.25) is 0 Å². The SMILES string of the molecule is CCC(C#N)N(C)Cc1nccn1C. The number of nitriles is 1. The second-order valence-electron chi connectivity index (χ2n) is 3.42. The third-order valence-corrected chi connectivity index (χ3v) is 2.38. The lowest BCUT2D eigenvalue weighted by molar-refractivity contribution is 0.264. The first-order valence-electron chi connectivity index (χ1n) is 4.75. The highest BCUT2D eigenvalue weighted by atomic mass is 15.2. The first-order valence-corrected chi connectivity index (χ1v) is 4.75. The third kappa shape index (κ3) is 2.33. The van der Waals surface area contributed by atoms with Gasteiger partial charge in [0, 0.05) is 19.4 Å². The summed E-state index contributed by atoms with van der Waals surface area (Å²) in [6.07, 6.45) is 4.53. The van der Waals surface area contributed by atoms with E-state index in [1.807, 2.05) is 36.7 Å². The summed E-state index contributed by atoms with van der Waals surface area (Å²) in [5.74, 6) is 0.987. The van der Waals surface area contributed by atoms with Crippen LogP contribution in [-0.4, -0.2) is 27.5 Å². The van der Waals surface area contributed by atoms with Crippen molar-refractivity contribution in [3.63, 3.8) is 0 Å². The first-order chi connectivity index (χ1) is 6.69. The van der Waals surface area contributed by atoms with E-state index in [0.717, 1.165) is 18.8 Å². The molecule has 0 saturated heterocycles. The second-order valence-corrected chi connectivity index (χ2v) is 3.42. The Hall–Kier alpha value is -1.34. The Labute approximate surface area is 84.8 Å². The van der Waals surface area contributed by atoms with E-state index < -0.39 is 0 Å². The van der Waals surface area contributed by atoms with Crippen molar-refractivity contribution >= 4 is 0 Å². The first kappa shape index (κ1) is 10.7. The van der Waals surface area contributed by atoms with Crippen LogP contribution in [0.1, 0.15) is 19.2 Å². The summed E-state index contributed by atoms with van der Waals surface area (Å²) >= 11 is 0. The van der Waals surface area contributed by atoms with Crippen LogP contribution in [0.4, 0.5) is 0 Å². The Balaban J connectivity index is 2.61. The quantitative estimate of drug-likeness (QED) is 0.719. The molecular formula is C10H16N4.